The Bertz CT molecular complexity index is 766. The predicted molar refractivity (Wildman–Crippen MR) is 110 cm³/mol. The Labute approximate surface area is 166 Å². The summed E-state index contributed by atoms with van der Waals surface area (Å²) < 4.78 is 10.8. The molecule has 0 N–H and O–H groups in total. The quantitative estimate of drug-likeness (QED) is 0.783. The highest BCUT2D eigenvalue weighted by Gasteiger charge is 2.18. The minimum absolute atomic E-state index is 0.750. The number of hydrogen-bond acceptors (Lipinski definition) is 7. The molecule has 0 amide bonds. The zero-order chi connectivity index (χ0) is 19.2. The molecule has 7 heteroatoms. The van der Waals surface area contributed by atoms with Crippen LogP contribution < -0.4 is 14.5 Å². The average molecular weight is 383 g/mol. The molecule has 0 bridgehead atoms. The summed E-state index contributed by atoms with van der Waals surface area (Å²) in [6.45, 7) is 8.27. The van der Waals surface area contributed by atoms with Gasteiger partial charge < -0.3 is 19.3 Å². The Morgan fingerprint density at radius 1 is 1.00 bits per heavy atom. The van der Waals surface area contributed by atoms with E-state index in [1.54, 1.807) is 7.11 Å². The van der Waals surface area contributed by atoms with Gasteiger partial charge in [-0.15, -0.1) is 0 Å². The van der Waals surface area contributed by atoms with Gasteiger partial charge in [-0.2, -0.15) is 0 Å². The maximum atomic E-state index is 5.43. The molecule has 0 unspecified atom stereocenters. The molecule has 150 valence electrons. The highest BCUT2D eigenvalue weighted by Crippen LogP contribution is 2.22. The third kappa shape index (κ3) is 4.72. The van der Waals surface area contributed by atoms with Gasteiger partial charge in [0.1, 0.15) is 5.75 Å². The third-order valence-electron chi connectivity index (χ3n) is 5.39. The minimum Gasteiger partial charge on any atom is -0.497 e. The van der Waals surface area contributed by atoms with Crippen LogP contribution >= 0.6 is 0 Å². The van der Waals surface area contributed by atoms with E-state index in [0.29, 0.717) is 0 Å². The van der Waals surface area contributed by atoms with Gasteiger partial charge in [-0.25, -0.2) is 9.97 Å². The monoisotopic (exact) mass is 383 g/mol. The first-order chi connectivity index (χ1) is 13.8. The Morgan fingerprint density at radius 3 is 2.75 bits per heavy atom. The summed E-state index contributed by atoms with van der Waals surface area (Å²) in [7, 11) is 1.72. The van der Waals surface area contributed by atoms with E-state index in [0.717, 1.165) is 82.8 Å². The van der Waals surface area contributed by atoms with E-state index in [2.05, 4.69) is 37.9 Å². The number of benzene rings is 1. The Morgan fingerprint density at radius 2 is 1.89 bits per heavy atom. The normalized spacial score (nSPS) is 18.8. The SMILES string of the molecule is COc1cccc(N2CCCN(Cc3ccnc(N4CCOCC4)n3)CC2)c1. The van der Waals surface area contributed by atoms with Gasteiger partial charge in [-0.1, -0.05) is 6.07 Å². The summed E-state index contributed by atoms with van der Waals surface area (Å²) in [5.41, 5.74) is 2.32. The number of methoxy groups -OCH3 is 1. The van der Waals surface area contributed by atoms with Crippen molar-refractivity contribution in [2.75, 3.05) is 69.4 Å². The van der Waals surface area contributed by atoms with Crippen molar-refractivity contribution in [3.63, 3.8) is 0 Å². The van der Waals surface area contributed by atoms with E-state index in [4.69, 9.17) is 14.5 Å². The number of ether oxygens (including phenoxy) is 2. The topological polar surface area (TPSA) is 54.0 Å². The van der Waals surface area contributed by atoms with Crippen LogP contribution in [0.3, 0.4) is 0 Å². The molecular formula is C21H29N5O2. The largest absolute Gasteiger partial charge is 0.497 e. The fourth-order valence-corrected chi connectivity index (χ4v) is 3.81. The van der Waals surface area contributed by atoms with Gasteiger partial charge in [0.15, 0.2) is 0 Å². The molecule has 28 heavy (non-hydrogen) atoms. The lowest BCUT2D eigenvalue weighted by atomic mass is 10.2. The second-order valence-corrected chi connectivity index (χ2v) is 7.27. The Kier molecular flexibility index (Phi) is 6.24. The fourth-order valence-electron chi connectivity index (χ4n) is 3.81. The van der Waals surface area contributed by atoms with Crippen molar-refractivity contribution >= 4 is 11.6 Å². The van der Waals surface area contributed by atoms with Crippen molar-refractivity contribution in [1.29, 1.82) is 0 Å². The van der Waals surface area contributed by atoms with E-state index < -0.39 is 0 Å². The Hall–Kier alpha value is -2.38. The molecule has 2 aliphatic rings. The summed E-state index contributed by atoms with van der Waals surface area (Å²) in [5, 5.41) is 0. The molecule has 3 heterocycles. The molecule has 2 aromatic rings. The highest BCUT2D eigenvalue weighted by molar-refractivity contribution is 5.50. The summed E-state index contributed by atoms with van der Waals surface area (Å²) in [6.07, 6.45) is 3.02. The number of nitrogens with zero attached hydrogens (tertiary/aromatic N) is 5. The van der Waals surface area contributed by atoms with Gasteiger partial charge in [0.05, 0.1) is 26.0 Å². The van der Waals surface area contributed by atoms with Crippen LogP contribution in [0.15, 0.2) is 36.5 Å². The number of anilines is 2. The standard InChI is InChI=1S/C21H29N5O2/c1-27-20-5-2-4-19(16-20)25-9-3-8-24(10-11-25)17-18-6-7-22-21(23-18)26-12-14-28-15-13-26/h2,4-7,16H,3,8-15,17H2,1H3. The molecule has 0 aliphatic carbocycles. The van der Waals surface area contributed by atoms with Crippen LogP contribution in [-0.2, 0) is 11.3 Å². The fraction of sp³-hybridized carbons (Fsp3) is 0.524. The molecule has 1 aromatic carbocycles. The molecule has 1 aromatic heterocycles. The molecule has 7 nitrogen and oxygen atoms in total. The van der Waals surface area contributed by atoms with Gasteiger partial charge in [-0.3, -0.25) is 4.90 Å². The second kappa shape index (κ2) is 9.21. The van der Waals surface area contributed by atoms with E-state index in [1.165, 1.54) is 5.69 Å². The Balaban J connectivity index is 1.37. The minimum atomic E-state index is 0.750. The van der Waals surface area contributed by atoms with Crippen LogP contribution in [0, 0.1) is 0 Å². The van der Waals surface area contributed by atoms with E-state index >= 15 is 0 Å². The summed E-state index contributed by atoms with van der Waals surface area (Å²) in [5.74, 6) is 1.74. The summed E-state index contributed by atoms with van der Waals surface area (Å²) in [4.78, 5) is 16.4. The predicted octanol–water partition coefficient (Wildman–Crippen LogP) is 2.03. The van der Waals surface area contributed by atoms with Crippen LogP contribution in [0.25, 0.3) is 0 Å². The summed E-state index contributed by atoms with van der Waals surface area (Å²) >= 11 is 0. The molecule has 0 atom stereocenters. The van der Waals surface area contributed by atoms with Crippen LogP contribution in [0.5, 0.6) is 5.75 Å². The number of aromatic nitrogens is 2. The average Bonchev–Trinajstić information content (AvgIpc) is 3.00. The maximum Gasteiger partial charge on any atom is 0.225 e. The van der Waals surface area contributed by atoms with Crippen LogP contribution in [0.2, 0.25) is 0 Å². The molecule has 4 rings (SSSR count). The molecule has 2 aliphatic heterocycles. The lowest BCUT2D eigenvalue weighted by Crippen LogP contribution is -2.37. The lowest BCUT2D eigenvalue weighted by molar-refractivity contribution is 0.122. The molecule has 0 saturated carbocycles. The first kappa shape index (κ1) is 19.0. The van der Waals surface area contributed by atoms with E-state index in [9.17, 15) is 0 Å². The van der Waals surface area contributed by atoms with Crippen molar-refractivity contribution < 1.29 is 9.47 Å². The van der Waals surface area contributed by atoms with Crippen molar-refractivity contribution in [2.24, 2.45) is 0 Å². The van der Waals surface area contributed by atoms with E-state index in [1.807, 2.05) is 18.3 Å². The van der Waals surface area contributed by atoms with E-state index in [-0.39, 0.29) is 0 Å². The van der Waals surface area contributed by atoms with Crippen LogP contribution in [0.4, 0.5) is 11.6 Å². The zero-order valence-electron chi connectivity index (χ0n) is 16.6. The smallest absolute Gasteiger partial charge is 0.225 e. The third-order valence-corrected chi connectivity index (χ3v) is 5.39. The molecule has 0 radical (unpaired) electrons. The second-order valence-electron chi connectivity index (χ2n) is 7.27. The first-order valence-electron chi connectivity index (χ1n) is 10.1. The van der Waals surface area contributed by atoms with Gasteiger partial charge in [-0.05, 0) is 24.6 Å². The number of hydrogen-bond donors (Lipinski definition) is 0. The lowest BCUT2D eigenvalue weighted by Gasteiger charge is -2.27. The van der Waals surface area contributed by atoms with Crippen molar-refractivity contribution in [2.45, 2.75) is 13.0 Å². The summed E-state index contributed by atoms with van der Waals surface area (Å²) in [6, 6.07) is 10.4. The molecular weight excluding hydrogens is 354 g/mol. The van der Waals surface area contributed by atoms with Crippen LogP contribution in [0.1, 0.15) is 12.1 Å². The van der Waals surface area contributed by atoms with Gasteiger partial charge in [0.2, 0.25) is 5.95 Å². The molecule has 0 spiro atoms. The van der Waals surface area contributed by atoms with Crippen LogP contribution in [-0.4, -0.2) is 74.5 Å². The molecule has 2 fully saturated rings. The maximum absolute atomic E-state index is 5.43. The highest BCUT2D eigenvalue weighted by atomic mass is 16.5. The zero-order valence-corrected chi connectivity index (χ0v) is 16.6. The first-order valence-corrected chi connectivity index (χ1v) is 10.1. The van der Waals surface area contributed by atoms with Gasteiger partial charge >= 0.3 is 0 Å². The van der Waals surface area contributed by atoms with Crippen molar-refractivity contribution in [1.82, 2.24) is 14.9 Å². The van der Waals surface area contributed by atoms with Gasteiger partial charge in [0, 0.05) is 63.8 Å². The number of morpholine rings is 1. The number of rotatable bonds is 5. The molecule has 2 saturated heterocycles. The van der Waals surface area contributed by atoms with Crippen molar-refractivity contribution in [3.05, 3.63) is 42.2 Å². The van der Waals surface area contributed by atoms with Gasteiger partial charge in [0.25, 0.3) is 0 Å². The van der Waals surface area contributed by atoms with Crippen molar-refractivity contribution in [3.8, 4) is 5.75 Å².